The average Bonchev–Trinajstić information content (AvgIpc) is 3.11. The number of rotatable bonds is 17. The maximum atomic E-state index is 12.2. The SMILES string of the molecule is C=C(CC(=O)OC)C[C@H]1O[C@H](COCc2ccccc2)[C@H](OCc2ccccc2)[C@H](OCc2ccccc2)[C@H]1OCc1ccccc1. The number of esters is 1. The van der Waals surface area contributed by atoms with Crippen LogP contribution in [0.5, 0.6) is 0 Å². The van der Waals surface area contributed by atoms with Gasteiger partial charge in [0, 0.05) is 0 Å². The Bertz CT molecular complexity index is 1480. The fraction of sp³-hybridized carbons (Fsp3) is 0.325. The van der Waals surface area contributed by atoms with Gasteiger partial charge in [-0.25, -0.2) is 0 Å². The molecule has 0 saturated carbocycles. The van der Waals surface area contributed by atoms with Gasteiger partial charge < -0.3 is 28.4 Å². The number of hydrogen-bond acceptors (Lipinski definition) is 7. The molecule has 0 aliphatic carbocycles. The second-order valence-corrected chi connectivity index (χ2v) is 11.7. The van der Waals surface area contributed by atoms with Crippen molar-refractivity contribution in [3.8, 4) is 0 Å². The highest BCUT2D eigenvalue weighted by atomic mass is 16.6. The second-order valence-electron chi connectivity index (χ2n) is 11.7. The monoisotopic (exact) mass is 636 g/mol. The van der Waals surface area contributed by atoms with Crippen molar-refractivity contribution in [2.24, 2.45) is 0 Å². The minimum atomic E-state index is -0.542. The van der Waals surface area contributed by atoms with Gasteiger partial charge in [0.2, 0.25) is 0 Å². The molecule has 1 aliphatic heterocycles. The lowest BCUT2D eigenvalue weighted by molar-refractivity contribution is -0.272. The lowest BCUT2D eigenvalue weighted by atomic mass is 9.90. The van der Waals surface area contributed by atoms with Gasteiger partial charge in [0.15, 0.2) is 0 Å². The molecule has 1 saturated heterocycles. The van der Waals surface area contributed by atoms with Crippen LogP contribution in [0, 0.1) is 0 Å². The van der Waals surface area contributed by atoms with Crippen LogP contribution in [0.3, 0.4) is 0 Å². The molecule has 7 nitrogen and oxygen atoms in total. The van der Waals surface area contributed by atoms with E-state index >= 15 is 0 Å². The van der Waals surface area contributed by atoms with Crippen molar-refractivity contribution in [2.75, 3.05) is 13.7 Å². The summed E-state index contributed by atoms with van der Waals surface area (Å²) in [6, 6.07) is 40.1. The first-order chi connectivity index (χ1) is 23.1. The Balaban J connectivity index is 1.45. The Hall–Kier alpha value is -4.11. The third kappa shape index (κ3) is 10.7. The van der Waals surface area contributed by atoms with Crippen molar-refractivity contribution in [1.82, 2.24) is 0 Å². The first-order valence-electron chi connectivity index (χ1n) is 16.1. The molecular weight excluding hydrogens is 592 g/mol. The van der Waals surface area contributed by atoms with Crippen LogP contribution in [0.1, 0.15) is 35.1 Å². The third-order valence-corrected chi connectivity index (χ3v) is 8.09. The lowest BCUT2D eigenvalue weighted by Gasteiger charge is -2.46. The number of hydrogen-bond donors (Lipinski definition) is 0. The molecule has 47 heavy (non-hydrogen) atoms. The van der Waals surface area contributed by atoms with Crippen molar-refractivity contribution >= 4 is 5.97 Å². The van der Waals surface area contributed by atoms with E-state index in [4.69, 9.17) is 28.4 Å². The number of carbonyl (C=O) groups excluding carboxylic acids is 1. The molecule has 1 aliphatic rings. The molecule has 0 unspecified atom stereocenters. The van der Waals surface area contributed by atoms with Gasteiger partial charge >= 0.3 is 5.97 Å². The molecule has 4 aromatic rings. The number of carbonyl (C=O) groups is 1. The molecule has 1 fully saturated rings. The van der Waals surface area contributed by atoms with E-state index < -0.39 is 30.5 Å². The molecule has 0 amide bonds. The van der Waals surface area contributed by atoms with E-state index in [1.165, 1.54) is 7.11 Å². The van der Waals surface area contributed by atoms with E-state index in [0.29, 0.717) is 38.4 Å². The zero-order valence-corrected chi connectivity index (χ0v) is 26.9. The van der Waals surface area contributed by atoms with Crippen molar-refractivity contribution in [3.63, 3.8) is 0 Å². The van der Waals surface area contributed by atoms with E-state index in [1.54, 1.807) is 0 Å². The van der Waals surface area contributed by atoms with Crippen molar-refractivity contribution in [1.29, 1.82) is 0 Å². The highest BCUT2D eigenvalue weighted by molar-refractivity contribution is 5.72. The van der Waals surface area contributed by atoms with Gasteiger partial charge in [0.05, 0.1) is 52.7 Å². The molecule has 0 N–H and O–H groups in total. The Morgan fingerprint density at radius 1 is 0.596 bits per heavy atom. The summed E-state index contributed by atoms with van der Waals surface area (Å²) in [6.07, 6.45) is -2.12. The molecule has 5 rings (SSSR count). The normalized spacial score (nSPS) is 20.8. The summed E-state index contributed by atoms with van der Waals surface area (Å²) < 4.78 is 38.2. The highest BCUT2D eigenvalue weighted by Gasteiger charge is 2.48. The summed E-state index contributed by atoms with van der Waals surface area (Å²) in [5.41, 5.74) is 4.84. The van der Waals surface area contributed by atoms with Crippen molar-refractivity contribution < 1.29 is 33.2 Å². The highest BCUT2D eigenvalue weighted by Crippen LogP contribution is 2.34. The Morgan fingerprint density at radius 2 is 1.00 bits per heavy atom. The average molecular weight is 637 g/mol. The fourth-order valence-corrected chi connectivity index (χ4v) is 5.68. The zero-order chi connectivity index (χ0) is 32.7. The van der Waals surface area contributed by atoms with E-state index in [2.05, 4.69) is 6.58 Å². The van der Waals surface area contributed by atoms with E-state index in [0.717, 1.165) is 22.3 Å². The summed E-state index contributed by atoms with van der Waals surface area (Å²) in [4.78, 5) is 12.2. The molecule has 0 aromatic heterocycles. The van der Waals surface area contributed by atoms with Crippen LogP contribution in [0.4, 0.5) is 0 Å². The van der Waals surface area contributed by atoms with Gasteiger partial charge in [0.25, 0.3) is 0 Å². The smallest absolute Gasteiger partial charge is 0.309 e. The quantitative estimate of drug-likeness (QED) is 0.0894. The summed E-state index contributed by atoms with van der Waals surface area (Å²) in [6.45, 7) is 5.95. The summed E-state index contributed by atoms with van der Waals surface area (Å²) in [5.74, 6) is -0.351. The molecule has 0 radical (unpaired) electrons. The lowest BCUT2D eigenvalue weighted by Crippen LogP contribution is -2.61. The largest absolute Gasteiger partial charge is 0.469 e. The number of ether oxygens (including phenoxy) is 6. The van der Waals surface area contributed by atoms with Crippen LogP contribution >= 0.6 is 0 Å². The molecule has 1 heterocycles. The maximum Gasteiger partial charge on any atom is 0.309 e. The molecule has 4 aromatic carbocycles. The first kappa shape index (κ1) is 34.2. The standard InChI is InChI=1S/C40H44O7/c1-30(24-37(41)42-2)23-35-38(44-26-32-17-9-4-10-18-32)40(46-28-34-21-13-6-14-22-34)39(45-27-33-19-11-5-12-20-33)36(47-35)29-43-25-31-15-7-3-8-16-31/h3-22,35-36,38-40H,1,23-29H2,2H3/t35-,36-,38+,39+,40-/m1/s1. The van der Waals surface area contributed by atoms with Gasteiger partial charge in [-0.05, 0) is 28.7 Å². The van der Waals surface area contributed by atoms with Crippen LogP contribution in [0.25, 0.3) is 0 Å². The van der Waals surface area contributed by atoms with Crippen LogP contribution in [-0.2, 0) is 59.6 Å². The van der Waals surface area contributed by atoms with Gasteiger partial charge in [-0.3, -0.25) is 4.79 Å². The van der Waals surface area contributed by atoms with Gasteiger partial charge in [-0.2, -0.15) is 0 Å². The van der Waals surface area contributed by atoms with Gasteiger partial charge in [0.1, 0.15) is 24.4 Å². The first-order valence-corrected chi connectivity index (χ1v) is 16.1. The van der Waals surface area contributed by atoms with Crippen LogP contribution < -0.4 is 0 Å². The fourth-order valence-electron chi connectivity index (χ4n) is 5.68. The Kier molecular flexibility index (Phi) is 13.3. The Labute approximate surface area is 278 Å². The second kappa shape index (κ2) is 18.3. The third-order valence-electron chi connectivity index (χ3n) is 8.09. The molecule has 7 heteroatoms. The Morgan fingerprint density at radius 3 is 1.45 bits per heavy atom. The molecular formula is C40H44O7. The number of methoxy groups -OCH3 is 1. The summed E-state index contributed by atoms with van der Waals surface area (Å²) in [5, 5.41) is 0. The van der Waals surface area contributed by atoms with E-state index in [1.807, 2.05) is 121 Å². The van der Waals surface area contributed by atoms with Crippen molar-refractivity contribution in [2.45, 2.75) is 69.8 Å². The minimum absolute atomic E-state index is 0.0837. The summed E-state index contributed by atoms with van der Waals surface area (Å²) >= 11 is 0. The van der Waals surface area contributed by atoms with Gasteiger partial charge in [-0.15, -0.1) is 0 Å². The van der Waals surface area contributed by atoms with Crippen molar-refractivity contribution in [3.05, 3.63) is 156 Å². The van der Waals surface area contributed by atoms with Gasteiger partial charge in [-0.1, -0.05) is 133 Å². The van der Waals surface area contributed by atoms with Crippen LogP contribution in [0.15, 0.2) is 133 Å². The molecule has 0 bridgehead atoms. The zero-order valence-electron chi connectivity index (χ0n) is 26.9. The molecule has 5 atom stereocenters. The van der Waals surface area contributed by atoms with Crippen LogP contribution in [0.2, 0.25) is 0 Å². The molecule has 0 spiro atoms. The predicted molar refractivity (Wildman–Crippen MR) is 180 cm³/mol. The van der Waals surface area contributed by atoms with Crippen LogP contribution in [-0.4, -0.2) is 50.2 Å². The minimum Gasteiger partial charge on any atom is -0.469 e. The maximum absolute atomic E-state index is 12.2. The van der Waals surface area contributed by atoms with E-state index in [9.17, 15) is 4.79 Å². The predicted octanol–water partition coefficient (Wildman–Crippen LogP) is 7.24. The van der Waals surface area contributed by atoms with E-state index in [-0.39, 0.29) is 19.0 Å². The number of benzene rings is 4. The summed E-state index contributed by atoms with van der Waals surface area (Å²) in [7, 11) is 1.38. The topological polar surface area (TPSA) is 72.5 Å². The molecule has 246 valence electrons.